The Kier molecular flexibility index (Phi) is 6.02. The van der Waals surface area contributed by atoms with Crippen LogP contribution in [-0.2, 0) is 4.74 Å². The van der Waals surface area contributed by atoms with Crippen molar-refractivity contribution in [1.82, 2.24) is 10.2 Å². The fraction of sp³-hybridized carbons (Fsp3) is 0.647. The first kappa shape index (κ1) is 15.5. The molecule has 112 valence electrons. The van der Waals surface area contributed by atoms with E-state index in [4.69, 9.17) is 4.74 Å². The second-order valence-electron chi connectivity index (χ2n) is 5.84. The van der Waals surface area contributed by atoms with E-state index in [1.165, 1.54) is 12.0 Å². The SMILES string of the molecule is CCCNCC(c1ccccc1)N1CC(C)OC(C)C1. The molecule has 3 atom stereocenters. The van der Waals surface area contributed by atoms with Crippen LogP contribution in [0.5, 0.6) is 0 Å². The monoisotopic (exact) mass is 276 g/mol. The highest BCUT2D eigenvalue weighted by molar-refractivity contribution is 5.19. The number of benzene rings is 1. The Morgan fingerprint density at radius 3 is 2.45 bits per heavy atom. The summed E-state index contributed by atoms with van der Waals surface area (Å²) in [5.74, 6) is 0. The van der Waals surface area contributed by atoms with Gasteiger partial charge in [0.15, 0.2) is 0 Å². The van der Waals surface area contributed by atoms with Crippen molar-refractivity contribution < 1.29 is 4.74 Å². The van der Waals surface area contributed by atoms with E-state index in [-0.39, 0.29) is 0 Å². The molecule has 2 rings (SSSR count). The molecule has 0 aromatic heterocycles. The van der Waals surface area contributed by atoms with Crippen molar-refractivity contribution in [3.05, 3.63) is 35.9 Å². The van der Waals surface area contributed by atoms with Gasteiger partial charge in [0.25, 0.3) is 0 Å². The molecule has 3 unspecified atom stereocenters. The third kappa shape index (κ3) is 4.30. The maximum Gasteiger partial charge on any atom is 0.0678 e. The fourth-order valence-electron chi connectivity index (χ4n) is 3.02. The van der Waals surface area contributed by atoms with Gasteiger partial charge in [0.05, 0.1) is 12.2 Å². The van der Waals surface area contributed by atoms with E-state index >= 15 is 0 Å². The number of nitrogens with zero attached hydrogens (tertiary/aromatic N) is 1. The van der Waals surface area contributed by atoms with E-state index < -0.39 is 0 Å². The Hall–Kier alpha value is -0.900. The minimum atomic E-state index is 0.316. The lowest BCUT2D eigenvalue weighted by molar-refractivity contribution is -0.0807. The van der Waals surface area contributed by atoms with Crippen molar-refractivity contribution >= 4 is 0 Å². The van der Waals surface area contributed by atoms with Crippen molar-refractivity contribution in [3.8, 4) is 0 Å². The first-order valence-electron chi connectivity index (χ1n) is 7.86. The summed E-state index contributed by atoms with van der Waals surface area (Å²) in [6, 6.07) is 11.3. The fourth-order valence-corrected chi connectivity index (χ4v) is 3.02. The van der Waals surface area contributed by atoms with Crippen LogP contribution in [0.15, 0.2) is 30.3 Å². The topological polar surface area (TPSA) is 24.5 Å². The summed E-state index contributed by atoms with van der Waals surface area (Å²) < 4.78 is 5.87. The highest BCUT2D eigenvalue weighted by Crippen LogP contribution is 2.24. The predicted octanol–water partition coefficient (Wildman–Crippen LogP) is 2.84. The highest BCUT2D eigenvalue weighted by atomic mass is 16.5. The average molecular weight is 276 g/mol. The summed E-state index contributed by atoms with van der Waals surface area (Å²) in [6.07, 6.45) is 1.81. The number of morpholine rings is 1. The van der Waals surface area contributed by atoms with Gasteiger partial charge in [-0.3, -0.25) is 4.90 Å². The van der Waals surface area contributed by atoms with Crippen molar-refractivity contribution in [3.63, 3.8) is 0 Å². The molecule has 1 saturated heterocycles. The van der Waals surface area contributed by atoms with Gasteiger partial charge in [0.2, 0.25) is 0 Å². The molecular weight excluding hydrogens is 248 g/mol. The van der Waals surface area contributed by atoms with Crippen molar-refractivity contribution in [2.75, 3.05) is 26.2 Å². The number of hydrogen-bond acceptors (Lipinski definition) is 3. The predicted molar refractivity (Wildman–Crippen MR) is 83.9 cm³/mol. The molecule has 1 fully saturated rings. The molecular formula is C17H28N2O. The van der Waals surface area contributed by atoms with Crippen molar-refractivity contribution in [2.24, 2.45) is 0 Å². The lowest BCUT2D eigenvalue weighted by Crippen LogP contribution is -2.49. The second-order valence-corrected chi connectivity index (χ2v) is 5.84. The third-order valence-corrected chi connectivity index (χ3v) is 3.84. The van der Waals surface area contributed by atoms with Crippen LogP contribution in [0.25, 0.3) is 0 Å². The quantitative estimate of drug-likeness (QED) is 0.809. The smallest absolute Gasteiger partial charge is 0.0678 e. The molecule has 3 heteroatoms. The van der Waals surface area contributed by atoms with Crippen molar-refractivity contribution in [2.45, 2.75) is 45.4 Å². The molecule has 1 heterocycles. The van der Waals surface area contributed by atoms with Gasteiger partial charge >= 0.3 is 0 Å². The molecule has 20 heavy (non-hydrogen) atoms. The van der Waals surface area contributed by atoms with Crippen LogP contribution in [0, 0.1) is 0 Å². The van der Waals surface area contributed by atoms with E-state index in [1.807, 2.05) is 0 Å². The molecule has 3 nitrogen and oxygen atoms in total. The van der Waals surface area contributed by atoms with Crippen LogP contribution >= 0.6 is 0 Å². The first-order valence-corrected chi connectivity index (χ1v) is 7.86. The van der Waals surface area contributed by atoms with Gasteiger partial charge in [-0.2, -0.15) is 0 Å². The van der Waals surface area contributed by atoms with Gasteiger partial charge in [0, 0.05) is 25.7 Å². The lowest BCUT2D eigenvalue weighted by Gasteiger charge is -2.40. The number of rotatable bonds is 6. The summed E-state index contributed by atoms with van der Waals surface area (Å²) >= 11 is 0. The molecule has 1 aliphatic heterocycles. The zero-order valence-electron chi connectivity index (χ0n) is 13.0. The number of ether oxygens (including phenoxy) is 1. The summed E-state index contributed by atoms with van der Waals surface area (Å²) in [6.45, 7) is 10.7. The van der Waals surface area contributed by atoms with Crippen LogP contribution in [0.4, 0.5) is 0 Å². The van der Waals surface area contributed by atoms with E-state index in [0.29, 0.717) is 18.2 Å². The number of hydrogen-bond donors (Lipinski definition) is 1. The molecule has 1 aliphatic rings. The zero-order valence-corrected chi connectivity index (χ0v) is 13.0. The van der Waals surface area contributed by atoms with Crippen LogP contribution in [0.2, 0.25) is 0 Å². The van der Waals surface area contributed by atoms with Crippen molar-refractivity contribution in [1.29, 1.82) is 0 Å². The molecule has 0 saturated carbocycles. The molecule has 0 amide bonds. The maximum absolute atomic E-state index is 5.87. The number of nitrogens with one attached hydrogen (secondary N) is 1. The summed E-state index contributed by atoms with van der Waals surface area (Å²) in [7, 11) is 0. The zero-order chi connectivity index (χ0) is 14.4. The summed E-state index contributed by atoms with van der Waals surface area (Å²) in [5.41, 5.74) is 1.40. The lowest BCUT2D eigenvalue weighted by atomic mass is 10.0. The normalized spacial score (nSPS) is 25.6. The van der Waals surface area contributed by atoms with E-state index in [9.17, 15) is 0 Å². The Labute approximate surface area is 123 Å². The van der Waals surface area contributed by atoms with Gasteiger partial charge in [0.1, 0.15) is 0 Å². The van der Waals surface area contributed by atoms with Gasteiger partial charge in [-0.1, -0.05) is 37.3 Å². The largest absolute Gasteiger partial charge is 0.373 e. The van der Waals surface area contributed by atoms with Gasteiger partial charge < -0.3 is 10.1 Å². The molecule has 0 spiro atoms. The third-order valence-electron chi connectivity index (χ3n) is 3.84. The van der Waals surface area contributed by atoms with E-state index in [0.717, 1.165) is 26.2 Å². The second kappa shape index (κ2) is 7.77. The van der Waals surface area contributed by atoms with E-state index in [2.05, 4.69) is 61.3 Å². The molecule has 1 aromatic rings. The Morgan fingerprint density at radius 1 is 1.20 bits per heavy atom. The Balaban J connectivity index is 2.09. The van der Waals surface area contributed by atoms with Crippen LogP contribution in [-0.4, -0.2) is 43.3 Å². The Bertz CT molecular complexity index is 372. The van der Waals surface area contributed by atoms with Crippen LogP contribution in [0.1, 0.15) is 38.8 Å². The highest BCUT2D eigenvalue weighted by Gasteiger charge is 2.28. The van der Waals surface area contributed by atoms with Crippen LogP contribution < -0.4 is 5.32 Å². The van der Waals surface area contributed by atoms with Gasteiger partial charge in [-0.25, -0.2) is 0 Å². The molecule has 0 aliphatic carbocycles. The molecule has 1 aromatic carbocycles. The van der Waals surface area contributed by atoms with Crippen LogP contribution in [0.3, 0.4) is 0 Å². The molecule has 0 bridgehead atoms. The minimum absolute atomic E-state index is 0.316. The average Bonchev–Trinajstić information content (AvgIpc) is 2.43. The molecule has 0 radical (unpaired) electrons. The van der Waals surface area contributed by atoms with E-state index in [1.54, 1.807) is 0 Å². The van der Waals surface area contributed by atoms with Gasteiger partial charge in [-0.15, -0.1) is 0 Å². The summed E-state index contributed by atoms with van der Waals surface area (Å²) in [5, 5.41) is 3.58. The summed E-state index contributed by atoms with van der Waals surface area (Å²) in [4.78, 5) is 2.57. The Morgan fingerprint density at radius 2 is 1.85 bits per heavy atom. The maximum atomic E-state index is 5.87. The minimum Gasteiger partial charge on any atom is -0.373 e. The molecule has 1 N–H and O–H groups in total. The standard InChI is InChI=1S/C17H28N2O/c1-4-10-18-11-17(16-8-6-5-7-9-16)19-12-14(2)20-15(3)13-19/h5-9,14-15,17-18H,4,10-13H2,1-3H3. The first-order chi connectivity index (χ1) is 9.70. The van der Waals surface area contributed by atoms with Gasteiger partial charge in [-0.05, 0) is 32.4 Å².